The van der Waals surface area contributed by atoms with Crippen molar-refractivity contribution in [3.63, 3.8) is 0 Å². The summed E-state index contributed by atoms with van der Waals surface area (Å²) in [5.41, 5.74) is 5.49. The summed E-state index contributed by atoms with van der Waals surface area (Å²) >= 11 is 6.07. The molecule has 0 saturated heterocycles. The fourth-order valence-corrected chi connectivity index (χ4v) is 4.14. The van der Waals surface area contributed by atoms with Crippen LogP contribution in [0.5, 0.6) is 11.5 Å². The minimum Gasteiger partial charge on any atom is -0.493 e. The van der Waals surface area contributed by atoms with Crippen LogP contribution in [0.4, 0.5) is 0 Å². The minimum absolute atomic E-state index is 0.0887. The standard InChI is InChI=1S/C24H21ClN2O2/c1-15-6-8-17(9-7-15)24-27-21(19-4-3-5-22(28-2)23(19)29-24)14-20(26-27)16-10-12-18(25)13-11-16/h3-13,21,24H,14H2,1-2H3. The Bertz CT molecular complexity index is 1080. The summed E-state index contributed by atoms with van der Waals surface area (Å²) in [5, 5.41) is 7.79. The Morgan fingerprint density at radius 1 is 1.03 bits per heavy atom. The highest BCUT2D eigenvalue weighted by molar-refractivity contribution is 6.30. The molecule has 5 rings (SSSR count). The number of methoxy groups -OCH3 is 1. The van der Waals surface area contributed by atoms with Crippen LogP contribution in [0.15, 0.2) is 71.8 Å². The number of hydrazone groups is 1. The predicted octanol–water partition coefficient (Wildman–Crippen LogP) is 5.90. The van der Waals surface area contributed by atoms with Crippen LogP contribution in [-0.2, 0) is 0 Å². The highest BCUT2D eigenvalue weighted by Gasteiger charge is 2.42. The average molecular weight is 405 g/mol. The summed E-state index contributed by atoms with van der Waals surface area (Å²) in [6.07, 6.45) is 0.488. The number of ether oxygens (including phenoxy) is 2. The molecule has 0 bridgehead atoms. The van der Waals surface area contributed by atoms with E-state index in [0.29, 0.717) is 0 Å². The molecule has 0 saturated carbocycles. The Morgan fingerprint density at radius 2 is 1.79 bits per heavy atom. The third-order valence-corrected chi connectivity index (χ3v) is 5.79. The Hall–Kier alpha value is -2.98. The van der Waals surface area contributed by atoms with Gasteiger partial charge in [0.05, 0.1) is 18.9 Å². The maximum atomic E-state index is 6.47. The maximum Gasteiger partial charge on any atom is 0.214 e. The Kier molecular flexibility index (Phi) is 4.44. The van der Waals surface area contributed by atoms with Gasteiger partial charge in [-0.3, -0.25) is 0 Å². The second-order valence-electron chi connectivity index (χ2n) is 7.41. The van der Waals surface area contributed by atoms with E-state index in [9.17, 15) is 0 Å². The van der Waals surface area contributed by atoms with Gasteiger partial charge in [0.15, 0.2) is 11.5 Å². The smallest absolute Gasteiger partial charge is 0.214 e. The Morgan fingerprint density at radius 3 is 2.52 bits per heavy atom. The zero-order valence-electron chi connectivity index (χ0n) is 16.3. The number of rotatable bonds is 3. The topological polar surface area (TPSA) is 34.1 Å². The Labute approximate surface area is 175 Å². The molecule has 0 amide bonds. The molecule has 0 radical (unpaired) electrons. The first-order valence-corrected chi connectivity index (χ1v) is 10.0. The van der Waals surface area contributed by atoms with Gasteiger partial charge in [-0.1, -0.05) is 65.7 Å². The molecule has 4 nitrogen and oxygen atoms in total. The molecule has 2 unspecified atom stereocenters. The molecule has 146 valence electrons. The molecule has 2 aliphatic heterocycles. The number of aryl methyl sites for hydroxylation is 1. The molecule has 3 aromatic carbocycles. The first-order chi connectivity index (χ1) is 14.1. The van der Waals surface area contributed by atoms with Gasteiger partial charge < -0.3 is 9.47 Å². The van der Waals surface area contributed by atoms with E-state index in [0.717, 1.165) is 45.3 Å². The van der Waals surface area contributed by atoms with Crippen LogP contribution in [-0.4, -0.2) is 17.8 Å². The van der Waals surface area contributed by atoms with Crippen molar-refractivity contribution >= 4 is 17.3 Å². The molecular weight excluding hydrogens is 384 g/mol. The molecule has 2 atom stereocenters. The first-order valence-electron chi connectivity index (χ1n) is 9.66. The zero-order valence-corrected chi connectivity index (χ0v) is 17.1. The van der Waals surface area contributed by atoms with E-state index in [1.54, 1.807) is 7.11 Å². The molecule has 0 aromatic heterocycles. The molecule has 0 fully saturated rings. The normalized spacial score (nSPS) is 19.8. The van der Waals surface area contributed by atoms with E-state index in [1.165, 1.54) is 5.56 Å². The lowest BCUT2D eigenvalue weighted by atomic mass is 9.95. The van der Waals surface area contributed by atoms with Gasteiger partial charge in [0.1, 0.15) is 0 Å². The number of fused-ring (bicyclic) bond motifs is 3. The molecule has 0 aliphatic carbocycles. The van der Waals surface area contributed by atoms with Gasteiger partial charge in [-0.05, 0) is 30.7 Å². The fourth-order valence-electron chi connectivity index (χ4n) is 4.01. The van der Waals surface area contributed by atoms with Crippen molar-refractivity contribution < 1.29 is 9.47 Å². The van der Waals surface area contributed by atoms with Crippen LogP contribution in [0.1, 0.15) is 40.9 Å². The summed E-state index contributed by atoms with van der Waals surface area (Å²) in [6.45, 7) is 2.08. The molecule has 3 aromatic rings. The minimum atomic E-state index is -0.311. The van der Waals surface area contributed by atoms with Gasteiger partial charge in [-0.2, -0.15) is 5.10 Å². The number of halogens is 1. The van der Waals surface area contributed by atoms with Crippen LogP contribution in [0.25, 0.3) is 0 Å². The zero-order chi connectivity index (χ0) is 20.0. The van der Waals surface area contributed by atoms with Gasteiger partial charge in [0.25, 0.3) is 0 Å². The SMILES string of the molecule is COc1cccc2c1OC(c1ccc(C)cc1)N1N=C(c3ccc(Cl)cc3)CC21. The monoisotopic (exact) mass is 404 g/mol. The molecule has 0 N–H and O–H groups in total. The van der Waals surface area contributed by atoms with Crippen molar-refractivity contribution in [3.05, 3.63) is 94.0 Å². The van der Waals surface area contributed by atoms with Crippen molar-refractivity contribution in [3.8, 4) is 11.5 Å². The lowest BCUT2D eigenvalue weighted by Crippen LogP contribution is -2.33. The second-order valence-corrected chi connectivity index (χ2v) is 7.85. The van der Waals surface area contributed by atoms with E-state index in [1.807, 2.05) is 36.4 Å². The molecule has 5 heteroatoms. The largest absolute Gasteiger partial charge is 0.493 e. The first kappa shape index (κ1) is 18.1. The summed E-state index contributed by atoms with van der Waals surface area (Å²) in [4.78, 5) is 0. The molecule has 29 heavy (non-hydrogen) atoms. The summed E-state index contributed by atoms with van der Waals surface area (Å²) < 4.78 is 12.1. The lowest BCUT2D eigenvalue weighted by Gasteiger charge is -2.38. The van der Waals surface area contributed by atoms with Gasteiger partial charge in [0.2, 0.25) is 6.23 Å². The van der Waals surface area contributed by atoms with E-state index >= 15 is 0 Å². The van der Waals surface area contributed by atoms with Crippen LogP contribution in [0.2, 0.25) is 5.02 Å². The molecular formula is C24H21ClN2O2. The maximum absolute atomic E-state index is 6.47. The van der Waals surface area contributed by atoms with Crippen LogP contribution >= 0.6 is 11.6 Å². The fraction of sp³-hybridized carbons (Fsp3) is 0.208. The van der Waals surface area contributed by atoms with E-state index in [2.05, 4.69) is 42.3 Å². The van der Waals surface area contributed by atoms with Crippen molar-refractivity contribution in [1.82, 2.24) is 5.01 Å². The quantitative estimate of drug-likeness (QED) is 0.545. The van der Waals surface area contributed by atoms with Gasteiger partial charge in [0, 0.05) is 22.6 Å². The Balaban J connectivity index is 1.61. The van der Waals surface area contributed by atoms with Gasteiger partial charge >= 0.3 is 0 Å². The van der Waals surface area contributed by atoms with Gasteiger partial charge in [-0.15, -0.1) is 0 Å². The van der Waals surface area contributed by atoms with Crippen LogP contribution < -0.4 is 9.47 Å². The third-order valence-electron chi connectivity index (χ3n) is 5.54. The van der Waals surface area contributed by atoms with E-state index in [4.69, 9.17) is 26.2 Å². The second kappa shape index (κ2) is 7.12. The van der Waals surface area contributed by atoms with Crippen molar-refractivity contribution in [2.24, 2.45) is 5.10 Å². The average Bonchev–Trinajstić information content (AvgIpc) is 3.19. The van der Waals surface area contributed by atoms with Crippen molar-refractivity contribution in [1.29, 1.82) is 0 Å². The summed E-state index contributed by atoms with van der Waals surface area (Å²) in [7, 11) is 1.68. The number of hydrogen-bond acceptors (Lipinski definition) is 4. The van der Waals surface area contributed by atoms with Crippen molar-refractivity contribution in [2.45, 2.75) is 25.6 Å². The lowest BCUT2D eigenvalue weighted by molar-refractivity contribution is -0.0209. The highest BCUT2D eigenvalue weighted by Crippen LogP contribution is 2.50. The number of para-hydroxylation sites is 1. The highest BCUT2D eigenvalue weighted by atomic mass is 35.5. The number of nitrogens with zero attached hydrogens (tertiary/aromatic N) is 2. The molecule has 2 aliphatic rings. The van der Waals surface area contributed by atoms with E-state index < -0.39 is 0 Å². The van der Waals surface area contributed by atoms with Crippen LogP contribution in [0.3, 0.4) is 0 Å². The molecule has 2 heterocycles. The summed E-state index contributed by atoms with van der Waals surface area (Å²) in [5.74, 6) is 1.55. The van der Waals surface area contributed by atoms with Crippen LogP contribution in [0, 0.1) is 6.92 Å². The number of benzene rings is 3. The van der Waals surface area contributed by atoms with E-state index in [-0.39, 0.29) is 12.3 Å². The predicted molar refractivity (Wildman–Crippen MR) is 115 cm³/mol. The van der Waals surface area contributed by atoms with Gasteiger partial charge in [-0.25, -0.2) is 5.01 Å². The molecule has 0 spiro atoms. The number of hydrogen-bond donors (Lipinski definition) is 0. The third kappa shape index (κ3) is 3.14. The van der Waals surface area contributed by atoms with Crippen molar-refractivity contribution in [2.75, 3.05) is 7.11 Å². The summed E-state index contributed by atoms with van der Waals surface area (Å²) in [6, 6.07) is 22.4.